The lowest BCUT2D eigenvalue weighted by Crippen LogP contribution is -2.51. The quantitative estimate of drug-likeness (QED) is 0.334. The zero-order valence-electron chi connectivity index (χ0n) is 24.9. The molecule has 2 bridgehead atoms. The Hall–Kier alpha value is -4.34. The van der Waals surface area contributed by atoms with E-state index in [2.05, 4.69) is 26.2 Å². The van der Waals surface area contributed by atoms with Gasteiger partial charge in [-0.25, -0.2) is 8.78 Å². The third-order valence-corrected chi connectivity index (χ3v) is 9.62. The largest absolute Gasteiger partial charge is 0.508 e. The number of halogens is 2. The van der Waals surface area contributed by atoms with Gasteiger partial charge in [-0.2, -0.15) is 19.7 Å². The van der Waals surface area contributed by atoms with E-state index in [9.17, 15) is 18.7 Å². The van der Waals surface area contributed by atoms with E-state index in [0.29, 0.717) is 42.6 Å². The molecule has 2 aromatic heterocycles. The zero-order chi connectivity index (χ0) is 31.1. The molecule has 4 aromatic rings. The van der Waals surface area contributed by atoms with Crippen LogP contribution in [0, 0.1) is 18.2 Å². The molecule has 0 unspecified atom stereocenters. The van der Waals surface area contributed by atoms with Crippen molar-refractivity contribution in [3.05, 3.63) is 52.2 Å². The smallest absolute Gasteiger partial charge is 0.319 e. The van der Waals surface area contributed by atoms with Crippen LogP contribution in [0.2, 0.25) is 0 Å². The van der Waals surface area contributed by atoms with Gasteiger partial charge in [0.15, 0.2) is 0 Å². The van der Waals surface area contributed by atoms with Gasteiger partial charge in [-0.05, 0) is 49.7 Å². The number of aromatic nitrogens is 4. The fraction of sp³-hybridized carbons (Fsp3) is 0.438. The molecular formula is C32H31F2N7O3. The second-order valence-electron chi connectivity index (χ2n) is 12.4. The first-order valence-corrected chi connectivity index (χ1v) is 14.9. The van der Waals surface area contributed by atoms with Crippen LogP contribution in [0.25, 0.3) is 27.4 Å². The number of nitrogens with one attached hydrogen (secondary N) is 1. The van der Waals surface area contributed by atoms with Gasteiger partial charge in [0.1, 0.15) is 35.7 Å². The normalized spacial score (nSPS) is 28.4. The Kier molecular flexibility index (Phi) is 5.99. The third-order valence-electron chi connectivity index (χ3n) is 9.62. The SMILES string of the molecule is [2H][C@]1(F)CN2CCC[C@@]2(COc2nc(N3C[C@H]4CC[C@@H](C3)N4)c3cnn(-c4cc(O)cc5ccc(F)c(C#C)c45)c(=O)c3n2)C1. The summed E-state index contributed by atoms with van der Waals surface area (Å²) in [5.74, 6) is 2.08. The van der Waals surface area contributed by atoms with Crippen LogP contribution in [0.1, 0.15) is 39.0 Å². The van der Waals surface area contributed by atoms with Crippen molar-refractivity contribution in [2.24, 2.45) is 0 Å². The first kappa shape index (κ1) is 26.1. The van der Waals surface area contributed by atoms with Gasteiger partial charge in [0.05, 0.1) is 29.7 Å². The van der Waals surface area contributed by atoms with E-state index in [0.717, 1.165) is 23.9 Å². The number of aromatic hydroxyl groups is 1. The number of terminal acetylenes is 1. The Morgan fingerprint density at radius 2 is 2.05 bits per heavy atom. The van der Waals surface area contributed by atoms with E-state index in [1.54, 1.807) is 0 Å². The molecular weight excluding hydrogens is 568 g/mol. The molecule has 8 rings (SSSR count). The van der Waals surface area contributed by atoms with Gasteiger partial charge < -0.3 is 20.1 Å². The predicted octanol–water partition coefficient (Wildman–Crippen LogP) is 3.05. The van der Waals surface area contributed by atoms with Crippen LogP contribution >= 0.6 is 0 Å². The first-order chi connectivity index (χ1) is 21.6. The van der Waals surface area contributed by atoms with Crippen LogP contribution in [0.15, 0.2) is 35.3 Å². The summed E-state index contributed by atoms with van der Waals surface area (Å²) in [5, 5.41) is 19.7. The Balaban J connectivity index is 1.28. The number of hydrogen-bond donors (Lipinski definition) is 2. The number of nitrogens with zero attached hydrogens (tertiary/aromatic N) is 6. The van der Waals surface area contributed by atoms with Crippen molar-refractivity contribution in [3.8, 4) is 29.8 Å². The molecule has 4 saturated heterocycles. The Labute approximate surface area is 253 Å². The van der Waals surface area contributed by atoms with Gasteiger partial charge in [-0.3, -0.25) is 9.69 Å². The fourth-order valence-corrected chi connectivity index (χ4v) is 7.62. The molecule has 2 aromatic carbocycles. The molecule has 0 spiro atoms. The molecule has 12 heteroatoms. The molecule has 4 aliphatic heterocycles. The van der Waals surface area contributed by atoms with Crippen LogP contribution in [0.5, 0.6) is 11.8 Å². The summed E-state index contributed by atoms with van der Waals surface area (Å²) in [6, 6.07) is 5.97. The summed E-state index contributed by atoms with van der Waals surface area (Å²) in [4.78, 5) is 27.7. The zero-order valence-corrected chi connectivity index (χ0v) is 23.9. The van der Waals surface area contributed by atoms with Crippen molar-refractivity contribution >= 4 is 27.5 Å². The van der Waals surface area contributed by atoms with Crippen LogP contribution in [-0.4, -0.2) is 86.3 Å². The molecule has 0 saturated carbocycles. The second kappa shape index (κ2) is 10.1. The highest BCUT2D eigenvalue weighted by Gasteiger charge is 2.49. The van der Waals surface area contributed by atoms with E-state index in [4.69, 9.17) is 17.5 Å². The van der Waals surface area contributed by atoms with Gasteiger partial charge in [0.25, 0.3) is 5.56 Å². The van der Waals surface area contributed by atoms with Gasteiger partial charge in [0, 0.05) is 49.6 Å². The van der Waals surface area contributed by atoms with Crippen LogP contribution in [0.4, 0.5) is 14.6 Å². The molecule has 0 aliphatic carbocycles. The average Bonchev–Trinajstić information content (AvgIpc) is 3.63. The summed E-state index contributed by atoms with van der Waals surface area (Å²) in [7, 11) is 0. The molecule has 2 N–H and O–H groups in total. The summed E-state index contributed by atoms with van der Waals surface area (Å²) in [6.07, 6.45) is 8.77. The van der Waals surface area contributed by atoms with Crippen molar-refractivity contribution in [3.63, 3.8) is 0 Å². The third kappa shape index (κ3) is 4.29. The van der Waals surface area contributed by atoms with Gasteiger partial charge in [-0.15, -0.1) is 6.42 Å². The highest BCUT2D eigenvalue weighted by molar-refractivity contribution is 5.97. The van der Waals surface area contributed by atoms with Crippen molar-refractivity contribution in [2.75, 3.05) is 37.7 Å². The number of hydrogen-bond acceptors (Lipinski definition) is 9. The summed E-state index contributed by atoms with van der Waals surface area (Å²) < 4.78 is 44.9. The number of phenolic OH excluding ortho intramolecular Hbond substituents is 1. The number of anilines is 1. The van der Waals surface area contributed by atoms with Gasteiger partial charge in [0.2, 0.25) is 0 Å². The van der Waals surface area contributed by atoms with Crippen molar-refractivity contribution in [1.29, 1.82) is 0 Å². The van der Waals surface area contributed by atoms with Crippen molar-refractivity contribution < 1.29 is 20.0 Å². The number of benzene rings is 2. The fourth-order valence-electron chi connectivity index (χ4n) is 7.62. The molecule has 4 atom stereocenters. The summed E-state index contributed by atoms with van der Waals surface area (Å²) in [6.45, 7) is 2.15. The maximum atomic E-state index is 14.8. The summed E-state index contributed by atoms with van der Waals surface area (Å²) >= 11 is 0. The minimum Gasteiger partial charge on any atom is -0.508 e. The van der Waals surface area contributed by atoms with E-state index >= 15 is 0 Å². The molecule has 44 heavy (non-hydrogen) atoms. The van der Waals surface area contributed by atoms with E-state index in [-0.39, 0.29) is 65.6 Å². The van der Waals surface area contributed by atoms with E-state index < -0.39 is 23.1 Å². The van der Waals surface area contributed by atoms with Crippen LogP contribution in [-0.2, 0) is 0 Å². The lowest BCUT2D eigenvalue weighted by molar-refractivity contribution is 0.107. The Bertz CT molecular complexity index is 1970. The van der Waals surface area contributed by atoms with Gasteiger partial charge in [-0.1, -0.05) is 12.0 Å². The lowest BCUT2D eigenvalue weighted by atomic mass is 9.95. The van der Waals surface area contributed by atoms with E-state index in [1.807, 2.05) is 4.90 Å². The molecule has 226 valence electrons. The van der Waals surface area contributed by atoms with E-state index in [1.165, 1.54) is 30.5 Å². The van der Waals surface area contributed by atoms with Crippen molar-refractivity contribution in [2.45, 2.75) is 55.9 Å². The number of fused-ring (bicyclic) bond motifs is 5. The van der Waals surface area contributed by atoms with Crippen LogP contribution in [0.3, 0.4) is 0 Å². The number of rotatable bonds is 5. The second-order valence-corrected chi connectivity index (χ2v) is 12.4. The minimum atomic E-state index is -2.06. The van der Waals surface area contributed by atoms with Gasteiger partial charge >= 0.3 is 6.01 Å². The Morgan fingerprint density at radius 3 is 2.84 bits per heavy atom. The number of piperazine rings is 1. The molecule has 6 heterocycles. The molecule has 0 radical (unpaired) electrons. The topological polar surface area (TPSA) is 109 Å². The Morgan fingerprint density at radius 1 is 1.23 bits per heavy atom. The number of phenols is 1. The highest BCUT2D eigenvalue weighted by Crippen LogP contribution is 2.40. The van der Waals surface area contributed by atoms with Crippen LogP contribution < -0.4 is 20.5 Å². The summed E-state index contributed by atoms with van der Waals surface area (Å²) in [5.41, 5.74) is -1.20. The predicted molar refractivity (Wildman–Crippen MR) is 161 cm³/mol. The molecule has 4 aliphatic rings. The maximum Gasteiger partial charge on any atom is 0.319 e. The average molecular weight is 601 g/mol. The first-order valence-electron chi connectivity index (χ1n) is 15.4. The maximum absolute atomic E-state index is 14.8. The standard InChI is InChI=1S/C32H31F2N7O3/c1-2-23-25(34)7-4-18-10-22(42)11-26(27(18)23)41-30(43)28-24(13-35-41)29(39-15-20-5-6-21(16-39)36-20)38-31(37-28)44-17-32-8-3-9-40(32)14-19(33)12-32/h1,4,7,10-11,13,19-21,36,42H,3,5-6,8-9,12,14-17H2/t19-,20-,21+,32+/m1/s1/i19D. The molecule has 4 fully saturated rings. The number of alkyl halides is 1. The minimum absolute atomic E-state index is 0.0248. The molecule has 0 amide bonds. The monoisotopic (exact) mass is 600 g/mol. The highest BCUT2D eigenvalue weighted by atomic mass is 19.1. The van der Waals surface area contributed by atoms with Crippen molar-refractivity contribution in [1.82, 2.24) is 30.0 Å². The number of ether oxygens (including phenoxy) is 1. The molecule has 10 nitrogen and oxygen atoms in total. The lowest BCUT2D eigenvalue weighted by Gasteiger charge is -2.34.